The Kier molecular flexibility index (Phi) is 6.18. The van der Waals surface area contributed by atoms with Crippen molar-refractivity contribution in [2.24, 2.45) is 5.92 Å². The van der Waals surface area contributed by atoms with Crippen molar-refractivity contribution in [3.05, 3.63) is 14.7 Å². The van der Waals surface area contributed by atoms with E-state index >= 15 is 0 Å². The number of thiophene rings is 1. The highest BCUT2D eigenvalue weighted by atomic mass is 79.9. The third-order valence-electron chi connectivity index (χ3n) is 2.62. The summed E-state index contributed by atoms with van der Waals surface area (Å²) >= 11 is 4.59. The Morgan fingerprint density at radius 1 is 1.50 bits per heavy atom. The zero-order chi connectivity index (χ0) is 15.5. The van der Waals surface area contributed by atoms with Crippen LogP contribution in [0.2, 0.25) is 0 Å². The summed E-state index contributed by atoms with van der Waals surface area (Å²) in [5.74, 6) is -0.411. The summed E-state index contributed by atoms with van der Waals surface area (Å²) in [5.41, 5.74) is 0. The molecule has 1 aromatic heterocycles. The van der Waals surface area contributed by atoms with Crippen LogP contribution < -0.4 is 4.72 Å². The first-order valence-corrected chi connectivity index (χ1v) is 9.12. The number of hydrogen-bond donors (Lipinski definition) is 1. The molecular formula is C12H18BrNO4S2. The Morgan fingerprint density at radius 3 is 2.50 bits per heavy atom. The van der Waals surface area contributed by atoms with Crippen LogP contribution in [0.5, 0.6) is 0 Å². The quantitative estimate of drug-likeness (QED) is 0.766. The van der Waals surface area contributed by atoms with Crippen LogP contribution in [0.4, 0.5) is 0 Å². The second-order valence-electron chi connectivity index (χ2n) is 4.80. The maximum absolute atomic E-state index is 12.3. The average molecular weight is 384 g/mol. The van der Waals surface area contributed by atoms with E-state index in [-0.39, 0.29) is 10.8 Å². The van der Waals surface area contributed by atoms with E-state index in [2.05, 4.69) is 25.4 Å². The molecule has 0 spiro atoms. The SMILES string of the molecule is COC(=O)C(CC(C)C)NS(=O)(=O)c1cc(Br)sc1C. The molecule has 0 saturated heterocycles. The predicted octanol–water partition coefficient (Wildman–Crippen LogP) is 2.69. The van der Waals surface area contributed by atoms with Gasteiger partial charge in [0.2, 0.25) is 10.0 Å². The molecule has 0 aliphatic carbocycles. The van der Waals surface area contributed by atoms with E-state index in [0.29, 0.717) is 11.3 Å². The molecule has 5 nitrogen and oxygen atoms in total. The molecule has 20 heavy (non-hydrogen) atoms. The Bertz CT molecular complexity index is 580. The van der Waals surface area contributed by atoms with Gasteiger partial charge in [-0.25, -0.2) is 8.42 Å². The lowest BCUT2D eigenvalue weighted by Crippen LogP contribution is -2.42. The van der Waals surface area contributed by atoms with Crippen LogP contribution in [-0.4, -0.2) is 27.5 Å². The van der Waals surface area contributed by atoms with Crippen molar-refractivity contribution >= 4 is 43.3 Å². The summed E-state index contributed by atoms with van der Waals surface area (Å²) in [6, 6.07) is 0.662. The number of rotatable bonds is 6. The number of carbonyl (C=O) groups excluding carboxylic acids is 1. The normalized spacial score (nSPS) is 13.5. The zero-order valence-electron chi connectivity index (χ0n) is 11.8. The third kappa shape index (κ3) is 4.54. The van der Waals surface area contributed by atoms with Crippen molar-refractivity contribution in [3.63, 3.8) is 0 Å². The van der Waals surface area contributed by atoms with Gasteiger partial charge in [0.1, 0.15) is 6.04 Å². The number of carbonyl (C=O) groups is 1. The van der Waals surface area contributed by atoms with Gasteiger partial charge in [-0.2, -0.15) is 4.72 Å². The molecule has 0 saturated carbocycles. The van der Waals surface area contributed by atoms with Crippen molar-refractivity contribution < 1.29 is 17.9 Å². The van der Waals surface area contributed by atoms with E-state index in [9.17, 15) is 13.2 Å². The molecule has 0 radical (unpaired) electrons. The van der Waals surface area contributed by atoms with E-state index in [1.54, 1.807) is 6.92 Å². The van der Waals surface area contributed by atoms with Gasteiger partial charge in [-0.05, 0) is 41.3 Å². The number of aryl methyl sites for hydroxylation is 1. The molecule has 0 aliphatic rings. The minimum absolute atomic E-state index is 0.164. The lowest BCUT2D eigenvalue weighted by molar-refractivity contribution is -0.143. The van der Waals surface area contributed by atoms with Crippen molar-refractivity contribution in [1.82, 2.24) is 4.72 Å². The Hall–Kier alpha value is -0.440. The fraction of sp³-hybridized carbons (Fsp3) is 0.583. The maximum Gasteiger partial charge on any atom is 0.323 e. The molecule has 1 heterocycles. The van der Waals surface area contributed by atoms with Crippen LogP contribution in [0.3, 0.4) is 0 Å². The standard InChI is InChI=1S/C12H18BrNO4S2/c1-7(2)5-9(12(15)18-4)14-20(16,17)10-6-11(13)19-8(10)3/h6-7,9,14H,5H2,1-4H3. The van der Waals surface area contributed by atoms with Crippen molar-refractivity contribution in [3.8, 4) is 0 Å². The molecule has 8 heteroatoms. The summed E-state index contributed by atoms with van der Waals surface area (Å²) in [6.07, 6.45) is 0.385. The monoisotopic (exact) mass is 383 g/mol. The number of nitrogens with one attached hydrogen (secondary N) is 1. The molecule has 114 valence electrons. The summed E-state index contributed by atoms with van der Waals surface area (Å²) < 4.78 is 32.5. The molecule has 0 bridgehead atoms. The number of sulfonamides is 1. The highest BCUT2D eigenvalue weighted by Gasteiger charge is 2.28. The van der Waals surface area contributed by atoms with E-state index in [1.165, 1.54) is 24.5 Å². The van der Waals surface area contributed by atoms with Gasteiger partial charge < -0.3 is 4.74 Å². The molecular weight excluding hydrogens is 366 g/mol. The molecule has 0 amide bonds. The highest BCUT2D eigenvalue weighted by Crippen LogP contribution is 2.29. The van der Waals surface area contributed by atoms with E-state index in [1.807, 2.05) is 13.8 Å². The number of ether oxygens (including phenoxy) is 1. The molecule has 1 rings (SSSR count). The van der Waals surface area contributed by atoms with Gasteiger partial charge in [0.15, 0.2) is 0 Å². The predicted molar refractivity (Wildman–Crippen MR) is 82.3 cm³/mol. The van der Waals surface area contributed by atoms with Crippen LogP contribution in [0.25, 0.3) is 0 Å². The second-order valence-corrected chi connectivity index (χ2v) is 9.12. The van der Waals surface area contributed by atoms with Gasteiger partial charge in [0, 0.05) is 4.88 Å². The summed E-state index contributed by atoms with van der Waals surface area (Å²) in [6.45, 7) is 5.55. The van der Waals surface area contributed by atoms with E-state index in [0.717, 1.165) is 3.79 Å². The number of methoxy groups -OCH3 is 1. The van der Waals surface area contributed by atoms with E-state index < -0.39 is 22.0 Å². The first kappa shape index (κ1) is 17.6. The molecule has 0 aliphatic heterocycles. The van der Waals surface area contributed by atoms with Crippen LogP contribution in [0.15, 0.2) is 14.7 Å². The fourth-order valence-electron chi connectivity index (χ4n) is 1.75. The molecule has 1 N–H and O–H groups in total. The van der Waals surface area contributed by atoms with Crippen molar-refractivity contribution in [2.45, 2.75) is 38.1 Å². The largest absolute Gasteiger partial charge is 0.468 e. The average Bonchev–Trinajstić information content (AvgIpc) is 2.66. The Balaban J connectivity index is 3.02. The molecule has 1 aromatic rings. The molecule has 1 unspecified atom stereocenters. The highest BCUT2D eigenvalue weighted by molar-refractivity contribution is 9.11. The van der Waals surface area contributed by atoms with Gasteiger partial charge in [-0.1, -0.05) is 13.8 Å². The third-order valence-corrected chi connectivity index (χ3v) is 5.90. The lowest BCUT2D eigenvalue weighted by atomic mass is 10.1. The van der Waals surface area contributed by atoms with Crippen molar-refractivity contribution in [1.29, 1.82) is 0 Å². The van der Waals surface area contributed by atoms with Gasteiger partial charge in [0.25, 0.3) is 0 Å². The molecule has 1 atom stereocenters. The molecule has 0 fully saturated rings. The van der Waals surface area contributed by atoms with Crippen molar-refractivity contribution in [2.75, 3.05) is 7.11 Å². The number of halogens is 1. The Labute approximate surface area is 131 Å². The van der Waals surface area contributed by atoms with Crippen LogP contribution in [0.1, 0.15) is 25.1 Å². The number of esters is 1. The number of hydrogen-bond acceptors (Lipinski definition) is 5. The van der Waals surface area contributed by atoms with Gasteiger partial charge in [-0.3, -0.25) is 4.79 Å². The maximum atomic E-state index is 12.3. The summed E-state index contributed by atoms with van der Waals surface area (Å²) in [7, 11) is -2.49. The topological polar surface area (TPSA) is 72.5 Å². The minimum Gasteiger partial charge on any atom is -0.468 e. The smallest absolute Gasteiger partial charge is 0.323 e. The second kappa shape index (κ2) is 7.02. The lowest BCUT2D eigenvalue weighted by Gasteiger charge is -2.18. The minimum atomic E-state index is -3.74. The zero-order valence-corrected chi connectivity index (χ0v) is 15.0. The van der Waals surface area contributed by atoms with Crippen LogP contribution >= 0.6 is 27.3 Å². The van der Waals surface area contributed by atoms with Crippen LogP contribution in [-0.2, 0) is 19.6 Å². The molecule has 0 aromatic carbocycles. The first-order valence-electron chi connectivity index (χ1n) is 6.03. The van der Waals surface area contributed by atoms with Crippen LogP contribution in [0, 0.1) is 12.8 Å². The van der Waals surface area contributed by atoms with E-state index in [4.69, 9.17) is 0 Å². The summed E-state index contributed by atoms with van der Waals surface area (Å²) in [4.78, 5) is 12.5. The Morgan fingerprint density at radius 2 is 2.10 bits per heavy atom. The summed E-state index contributed by atoms with van der Waals surface area (Å²) in [5, 5.41) is 0. The first-order chi connectivity index (χ1) is 9.17. The fourth-order valence-corrected chi connectivity index (χ4v) is 5.37. The van der Waals surface area contributed by atoms with Gasteiger partial charge in [0.05, 0.1) is 15.8 Å². The van der Waals surface area contributed by atoms with Gasteiger partial charge >= 0.3 is 5.97 Å². The van der Waals surface area contributed by atoms with Gasteiger partial charge in [-0.15, -0.1) is 11.3 Å².